The fourth-order valence-electron chi connectivity index (χ4n) is 3.05. The topological polar surface area (TPSA) is 51.0 Å². The molecule has 0 radical (unpaired) electrons. The largest absolute Gasteiger partial charge is 0.343 e. The quantitative estimate of drug-likeness (QED) is 0.851. The van der Waals surface area contributed by atoms with Crippen LogP contribution in [0.3, 0.4) is 0 Å². The first kappa shape index (κ1) is 13.8. The number of nitrogens with zero attached hydrogens (tertiary/aromatic N) is 4. The summed E-state index contributed by atoms with van der Waals surface area (Å²) in [6.45, 7) is 5.38. The zero-order valence-corrected chi connectivity index (χ0v) is 12.5. The van der Waals surface area contributed by atoms with Gasteiger partial charge in [-0.25, -0.2) is 4.98 Å². The zero-order chi connectivity index (χ0) is 14.8. The fraction of sp³-hybridized carbons (Fsp3) is 0.438. The molecule has 2 aromatic heterocycles. The number of amides is 1. The summed E-state index contributed by atoms with van der Waals surface area (Å²) in [6, 6.07) is 4.37. The highest BCUT2D eigenvalue weighted by molar-refractivity contribution is 5.73. The van der Waals surface area contributed by atoms with E-state index in [1.165, 1.54) is 0 Å². The van der Waals surface area contributed by atoms with E-state index in [1.807, 2.05) is 29.4 Å². The predicted molar refractivity (Wildman–Crippen MR) is 80.7 cm³/mol. The molecule has 110 valence electrons. The van der Waals surface area contributed by atoms with Gasteiger partial charge in [0, 0.05) is 55.9 Å². The van der Waals surface area contributed by atoms with E-state index in [-0.39, 0.29) is 5.91 Å². The summed E-state index contributed by atoms with van der Waals surface area (Å²) in [5.41, 5.74) is 2.20. The van der Waals surface area contributed by atoms with Gasteiger partial charge in [-0.3, -0.25) is 9.78 Å². The average Bonchev–Trinajstić information content (AvgIpc) is 2.90. The van der Waals surface area contributed by atoms with Crippen molar-refractivity contribution in [3.63, 3.8) is 0 Å². The molecule has 21 heavy (non-hydrogen) atoms. The molecule has 0 aromatic carbocycles. The lowest BCUT2D eigenvalue weighted by atomic mass is 10.0. The molecule has 1 aliphatic rings. The zero-order valence-electron chi connectivity index (χ0n) is 12.5. The van der Waals surface area contributed by atoms with Crippen LogP contribution in [0.2, 0.25) is 0 Å². The number of aromatic nitrogens is 3. The van der Waals surface area contributed by atoms with Crippen molar-refractivity contribution >= 4 is 5.91 Å². The summed E-state index contributed by atoms with van der Waals surface area (Å²) >= 11 is 0. The Morgan fingerprint density at radius 1 is 1.29 bits per heavy atom. The molecule has 1 saturated heterocycles. The normalized spacial score (nSPS) is 16.2. The van der Waals surface area contributed by atoms with Crippen molar-refractivity contribution in [3.05, 3.63) is 36.4 Å². The van der Waals surface area contributed by atoms with Gasteiger partial charge >= 0.3 is 0 Å². The standard InChI is InChI=1S/C16H20N4O/c1-12-10-18-16(14-4-3-7-17-11-14)20(12)15-5-8-19(9-6-15)13(2)21/h3-4,7,10-11,15H,5-6,8-9H2,1-2H3. The number of hydrogen-bond donors (Lipinski definition) is 0. The Balaban J connectivity index is 1.87. The lowest BCUT2D eigenvalue weighted by Crippen LogP contribution is -2.37. The third-order valence-electron chi connectivity index (χ3n) is 4.18. The van der Waals surface area contributed by atoms with E-state index >= 15 is 0 Å². The Morgan fingerprint density at radius 3 is 2.67 bits per heavy atom. The first-order chi connectivity index (χ1) is 10.2. The van der Waals surface area contributed by atoms with Gasteiger partial charge in [0.15, 0.2) is 0 Å². The SMILES string of the molecule is CC(=O)N1CCC(n2c(C)cnc2-c2cccnc2)CC1. The minimum Gasteiger partial charge on any atom is -0.343 e. The molecular weight excluding hydrogens is 264 g/mol. The number of carbonyl (C=O) groups excluding carboxylic acids is 1. The molecule has 0 saturated carbocycles. The summed E-state index contributed by atoms with van der Waals surface area (Å²) in [6.07, 6.45) is 7.49. The third-order valence-corrected chi connectivity index (χ3v) is 4.18. The maximum absolute atomic E-state index is 11.4. The number of pyridine rings is 1. The Labute approximate surface area is 124 Å². The first-order valence-electron chi connectivity index (χ1n) is 7.36. The smallest absolute Gasteiger partial charge is 0.219 e. The molecular formula is C16H20N4O. The van der Waals surface area contributed by atoms with Gasteiger partial charge in [-0.1, -0.05) is 0 Å². The van der Waals surface area contributed by atoms with E-state index in [2.05, 4.69) is 21.5 Å². The summed E-state index contributed by atoms with van der Waals surface area (Å²) in [7, 11) is 0. The Morgan fingerprint density at radius 2 is 2.05 bits per heavy atom. The number of rotatable bonds is 2. The molecule has 5 heteroatoms. The second kappa shape index (κ2) is 5.68. The number of likely N-dealkylation sites (tertiary alicyclic amines) is 1. The Hall–Kier alpha value is -2.17. The van der Waals surface area contributed by atoms with Gasteiger partial charge in [-0.05, 0) is 31.9 Å². The van der Waals surface area contributed by atoms with Crippen molar-refractivity contribution in [2.75, 3.05) is 13.1 Å². The maximum Gasteiger partial charge on any atom is 0.219 e. The van der Waals surface area contributed by atoms with E-state index in [1.54, 1.807) is 13.1 Å². The molecule has 2 aromatic rings. The van der Waals surface area contributed by atoms with Crippen molar-refractivity contribution < 1.29 is 4.79 Å². The minimum atomic E-state index is 0.170. The highest BCUT2D eigenvalue weighted by atomic mass is 16.2. The monoisotopic (exact) mass is 284 g/mol. The van der Waals surface area contributed by atoms with E-state index in [4.69, 9.17) is 0 Å². The number of carbonyl (C=O) groups is 1. The van der Waals surface area contributed by atoms with Crippen LogP contribution >= 0.6 is 0 Å². The molecule has 1 fully saturated rings. The second-order valence-corrected chi connectivity index (χ2v) is 5.57. The van der Waals surface area contributed by atoms with Crippen LogP contribution in [0, 0.1) is 6.92 Å². The molecule has 0 bridgehead atoms. The molecule has 1 amide bonds. The summed E-state index contributed by atoms with van der Waals surface area (Å²) < 4.78 is 2.30. The van der Waals surface area contributed by atoms with Crippen molar-refractivity contribution in [1.29, 1.82) is 0 Å². The highest BCUT2D eigenvalue weighted by Crippen LogP contribution is 2.29. The van der Waals surface area contributed by atoms with Gasteiger partial charge in [0.1, 0.15) is 5.82 Å². The van der Waals surface area contributed by atoms with E-state index < -0.39 is 0 Å². The molecule has 3 rings (SSSR count). The summed E-state index contributed by atoms with van der Waals surface area (Å²) in [5, 5.41) is 0. The number of piperidine rings is 1. The molecule has 0 unspecified atom stereocenters. The van der Waals surface area contributed by atoms with Crippen molar-refractivity contribution in [1.82, 2.24) is 19.4 Å². The van der Waals surface area contributed by atoms with E-state index in [0.717, 1.165) is 43.0 Å². The van der Waals surface area contributed by atoms with Crippen LogP contribution < -0.4 is 0 Å². The molecule has 0 N–H and O–H groups in total. The van der Waals surface area contributed by atoms with Crippen molar-refractivity contribution in [2.24, 2.45) is 0 Å². The second-order valence-electron chi connectivity index (χ2n) is 5.57. The summed E-state index contributed by atoms with van der Waals surface area (Å²) in [5.74, 6) is 1.14. The van der Waals surface area contributed by atoms with Crippen LogP contribution in [0.25, 0.3) is 11.4 Å². The molecule has 0 spiro atoms. The van der Waals surface area contributed by atoms with Gasteiger partial charge in [0.05, 0.1) is 0 Å². The van der Waals surface area contributed by atoms with Crippen LogP contribution in [0.5, 0.6) is 0 Å². The lowest BCUT2D eigenvalue weighted by Gasteiger charge is -2.33. The average molecular weight is 284 g/mol. The molecule has 0 aliphatic carbocycles. The molecule has 3 heterocycles. The minimum absolute atomic E-state index is 0.170. The van der Waals surface area contributed by atoms with Crippen molar-refractivity contribution in [2.45, 2.75) is 32.7 Å². The molecule has 1 aliphatic heterocycles. The van der Waals surface area contributed by atoms with Crippen LogP contribution in [0.15, 0.2) is 30.7 Å². The van der Waals surface area contributed by atoms with Crippen LogP contribution in [0.1, 0.15) is 31.5 Å². The van der Waals surface area contributed by atoms with Gasteiger partial charge in [-0.15, -0.1) is 0 Å². The number of hydrogen-bond acceptors (Lipinski definition) is 3. The Bertz CT molecular complexity index is 627. The van der Waals surface area contributed by atoms with E-state index in [0.29, 0.717) is 6.04 Å². The molecule has 0 atom stereocenters. The number of imidazole rings is 1. The lowest BCUT2D eigenvalue weighted by molar-refractivity contribution is -0.130. The highest BCUT2D eigenvalue weighted by Gasteiger charge is 2.25. The van der Waals surface area contributed by atoms with Crippen molar-refractivity contribution in [3.8, 4) is 11.4 Å². The van der Waals surface area contributed by atoms with Gasteiger partial charge in [0.25, 0.3) is 0 Å². The first-order valence-corrected chi connectivity index (χ1v) is 7.36. The van der Waals surface area contributed by atoms with Gasteiger partial charge in [-0.2, -0.15) is 0 Å². The predicted octanol–water partition coefficient (Wildman–Crippen LogP) is 2.44. The Kier molecular flexibility index (Phi) is 3.73. The molecule has 5 nitrogen and oxygen atoms in total. The fourth-order valence-corrected chi connectivity index (χ4v) is 3.05. The summed E-state index contributed by atoms with van der Waals surface area (Å²) in [4.78, 5) is 22.1. The maximum atomic E-state index is 11.4. The van der Waals surface area contributed by atoms with E-state index in [9.17, 15) is 4.79 Å². The van der Waals surface area contributed by atoms with Crippen LogP contribution in [-0.4, -0.2) is 38.4 Å². The van der Waals surface area contributed by atoms with Gasteiger partial charge < -0.3 is 9.47 Å². The van der Waals surface area contributed by atoms with Gasteiger partial charge in [0.2, 0.25) is 5.91 Å². The number of aryl methyl sites for hydroxylation is 1. The van der Waals surface area contributed by atoms with Crippen LogP contribution in [-0.2, 0) is 4.79 Å². The third kappa shape index (κ3) is 2.68. The van der Waals surface area contributed by atoms with Crippen LogP contribution in [0.4, 0.5) is 0 Å².